The maximum atomic E-state index is 12.7. The van der Waals surface area contributed by atoms with E-state index in [4.69, 9.17) is 5.11 Å². The average Bonchev–Trinajstić information content (AvgIpc) is 3.21. The Morgan fingerprint density at radius 1 is 1.14 bits per heavy atom. The number of carboxylic acids is 1. The number of aromatic carboxylic acids is 1. The van der Waals surface area contributed by atoms with Crippen LogP contribution in [0, 0.1) is 0 Å². The van der Waals surface area contributed by atoms with E-state index >= 15 is 0 Å². The third-order valence-electron chi connectivity index (χ3n) is 3.57. The number of amides is 2. The first-order valence-corrected chi connectivity index (χ1v) is 8.03. The van der Waals surface area contributed by atoms with Crippen LogP contribution in [0.3, 0.4) is 0 Å². The molecule has 2 heterocycles. The number of hydrogen-bond acceptors (Lipinski definition) is 5. The maximum Gasteiger partial charge on any atom is 0.435 e. The topological polar surface area (TPSA) is 131 Å². The molecule has 0 fully saturated rings. The van der Waals surface area contributed by atoms with E-state index in [2.05, 4.69) is 20.8 Å². The Bertz CT molecular complexity index is 902. The molecule has 0 radical (unpaired) electrons. The SMILES string of the molecule is CCn1nc(C(F)(F)F)cc1C(=O)NCCNC(=O)c1cn(C)nc1C(=O)O. The molecular weight excluding hydrogens is 385 g/mol. The number of rotatable bonds is 7. The van der Waals surface area contributed by atoms with E-state index in [0.29, 0.717) is 6.07 Å². The number of nitrogens with zero attached hydrogens (tertiary/aromatic N) is 4. The Hall–Kier alpha value is -3.38. The molecule has 10 nitrogen and oxygen atoms in total. The fourth-order valence-electron chi connectivity index (χ4n) is 2.33. The van der Waals surface area contributed by atoms with E-state index in [1.165, 1.54) is 24.9 Å². The fraction of sp³-hybridized carbons (Fsp3) is 0.400. The second kappa shape index (κ2) is 8.10. The predicted molar refractivity (Wildman–Crippen MR) is 87.7 cm³/mol. The van der Waals surface area contributed by atoms with Gasteiger partial charge in [0.05, 0.1) is 5.56 Å². The first kappa shape index (κ1) is 20.9. The molecule has 0 unspecified atom stereocenters. The molecule has 2 amide bonds. The summed E-state index contributed by atoms with van der Waals surface area (Å²) in [7, 11) is 1.45. The molecule has 0 saturated carbocycles. The van der Waals surface area contributed by atoms with E-state index in [9.17, 15) is 27.6 Å². The van der Waals surface area contributed by atoms with Gasteiger partial charge in [-0.25, -0.2) is 4.79 Å². The van der Waals surface area contributed by atoms with Gasteiger partial charge in [0.2, 0.25) is 0 Å². The highest BCUT2D eigenvalue weighted by atomic mass is 19.4. The molecule has 0 aliphatic rings. The van der Waals surface area contributed by atoms with Crippen LogP contribution in [0.4, 0.5) is 13.2 Å². The van der Waals surface area contributed by atoms with Crippen LogP contribution in [0.1, 0.15) is 44.0 Å². The van der Waals surface area contributed by atoms with Gasteiger partial charge in [-0.05, 0) is 6.92 Å². The van der Waals surface area contributed by atoms with Crippen molar-refractivity contribution in [3.05, 3.63) is 34.9 Å². The number of alkyl halides is 3. The molecule has 0 aliphatic heterocycles. The fourth-order valence-corrected chi connectivity index (χ4v) is 2.33. The van der Waals surface area contributed by atoms with E-state index in [-0.39, 0.29) is 30.9 Å². The second-order valence-electron chi connectivity index (χ2n) is 5.61. The lowest BCUT2D eigenvalue weighted by Crippen LogP contribution is -2.35. The lowest BCUT2D eigenvalue weighted by molar-refractivity contribution is -0.141. The van der Waals surface area contributed by atoms with Crippen molar-refractivity contribution < 1.29 is 32.7 Å². The number of carboxylic acid groups (broad SMARTS) is 1. The molecule has 0 saturated heterocycles. The summed E-state index contributed by atoms with van der Waals surface area (Å²) in [4.78, 5) is 35.2. The monoisotopic (exact) mass is 402 g/mol. The molecule has 0 atom stereocenters. The number of carbonyl (C=O) groups excluding carboxylic acids is 2. The van der Waals surface area contributed by atoms with E-state index in [1.807, 2.05) is 0 Å². The largest absolute Gasteiger partial charge is 0.476 e. The summed E-state index contributed by atoms with van der Waals surface area (Å²) in [5.41, 5.74) is -2.01. The molecule has 3 N–H and O–H groups in total. The quantitative estimate of drug-likeness (QED) is 0.579. The molecule has 2 rings (SSSR count). The standard InChI is InChI=1S/C15H17F3N6O4/c1-3-24-9(6-10(21-24)15(16,17)18)13(26)20-5-4-19-12(25)8-7-23(2)22-11(8)14(27)28/h6-7H,3-5H2,1-2H3,(H,19,25)(H,20,26)(H,27,28). The Labute approximate surface area is 156 Å². The molecule has 0 spiro atoms. The molecule has 13 heteroatoms. The normalized spacial score (nSPS) is 11.3. The van der Waals surface area contributed by atoms with Crippen LogP contribution in [0.5, 0.6) is 0 Å². The Kier molecular flexibility index (Phi) is 6.06. The van der Waals surface area contributed by atoms with Crippen molar-refractivity contribution >= 4 is 17.8 Å². The minimum absolute atomic E-state index is 0.0640. The van der Waals surface area contributed by atoms with Crippen molar-refractivity contribution in [1.29, 1.82) is 0 Å². The zero-order valence-electron chi connectivity index (χ0n) is 14.9. The van der Waals surface area contributed by atoms with Gasteiger partial charge in [-0.3, -0.25) is 19.0 Å². The predicted octanol–water partition coefficient (Wildman–Crippen LogP) is 0.513. The van der Waals surface area contributed by atoms with E-state index in [0.717, 1.165) is 4.68 Å². The lowest BCUT2D eigenvalue weighted by Gasteiger charge is -2.07. The van der Waals surface area contributed by atoms with Crippen LogP contribution < -0.4 is 10.6 Å². The van der Waals surface area contributed by atoms with Gasteiger partial charge in [-0.2, -0.15) is 23.4 Å². The van der Waals surface area contributed by atoms with Crippen molar-refractivity contribution in [3.8, 4) is 0 Å². The van der Waals surface area contributed by atoms with Gasteiger partial charge < -0.3 is 15.7 Å². The van der Waals surface area contributed by atoms with Crippen molar-refractivity contribution in [2.24, 2.45) is 7.05 Å². The van der Waals surface area contributed by atoms with E-state index in [1.54, 1.807) is 0 Å². The van der Waals surface area contributed by atoms with Gasteiger partial charge in [-0.1, -0.05) is 0 Å². The van der Waals surface area contributed by atoms with Gasteiger partial charge in [-0.15, -0.1) is 0 Å². The summed E-state index contributed by atoms with van der Waals surface area (Å²) in [6.07, 6.45) is -3.44. The van der Waals surface area contributed by atoms with Crippen molar-refractivity contribution in [3.63, 3.8) is 0 Å². The highest BCUT2D eigenvalue weighted by Gasteiger charge is 2.35. The van der Waals surface area contributed by atoms with Crippen LogP contribution in [-0.4, -0.2) is 55.5 Å². The molecule has 2 aromatic heterocycles. The van der Waals surface area contributed by atoms with Crippen LogP contribution in [0.25, 0.3) is 0 Å². The number of aromatic nitrogens is 4. The maximum absolute atomic E-state index is 12.7. The molecule has 2 aromatic rings. The Balaban J connectivity index is 1.94. The Morgan fingerprint density at radius 3 is 2.29 bits per heavy atom. The smallest absolute Gasteiger partial charge is 0.435 e. The van der Waals surface area contributed by atoms with Crippen LogP contribution in [-0.2, 0) is 19.8 Å². The zero-order chi connectivity index (χ0) is 21.1. The number of carbonyl (C=O) groups is 3. The molecule has 0 aromatic carbocycles. The first-order valence-electron chi connectivity index (χ1n) is 8.03. The molecule has 28 heavy (non-hydrogen) atoms. The summed E-state index contributed by atoms with van der Waals surface area (Å²) in [5.74, 6) is -2.86. The highest BCUT2D eigenvalue weighted by molar-refractivity contribution is 6.03. The van der Waals surface area contributed by atoms with Crippen LogP contribution >= 0.6 is 0 Å². The van der Waals surface area contributed by atoms with Crippen LogP contribution in [0.2, 0.25) is 0 Å². The molecular formula is C15H17F3N6O4. The minimum atomic E-state index is -4.67. The number of nitrogens with one attached hydrogen (secondary N) is 2. The van der Waals surface area contributed by atoms with Gasteiger partial charge in [0.15, 0.2) is 11.4 Å². The number of hydrogen-bond donors (Lipinski definition) is 3. The molecule has 152 valence electrons. The highest BCUT2D eigenvalue weighted by Crippen LogP contribution is 2.28. The first-order chi connectivity index (χ1) is 13.0. The second-order valence-corrected chi connectivity index (χ2v) is 5.61. The zero-order valence-corrected chi connectivity index (χ0v) is 14.9. The van der Waals surface area contributed by atoms with Gasteiger partial charge in [0.25, 0.3) is 11.8 Å². The molecule has 0 aliphatic carbocycles. The third kappa shape index (κ3) is 4.66. The van der Waals surface area contributed by atoms with Gasteiger partial charge in [0, 0.05) is 38.9 Å². The third-order valence-corrected chi connectivity index (χ3v) is 3.57. The van der Waals surface area contributed by atoms with Crippen molar-refractivity contribution in [1.82, 2.24) is 30.2 Å². The summed E-state index contributed by atoms with van der Waals surface area (Å²) in [6.45, 7) is 1.43. The van der Waals surface area contributed by atoms with Crippen LogP contribution in [0.15, 0.2) is 12.3 Å². The summed E-state index contributed by atoms with van der Waals surface area (Å²) >= 11 is 0. The van der Waals surface area contributed by atoms with E-state index < -0.39 is 35.3 Å². The van der Waals surface area contributed by atoms with Crippen molar-refractivity contribution in [2.45, 2.75) is 19.6 Å². The Morgan fingerprint density at radius 2 is 1.75 bits per heavy atom. The minimum Gasteiger partial charge on any atom is -0.476 e. The average molecular weight is 402 g/mol. The summed E-state index contributed by atoms with van der Waals surface area (Å²) in [5, 5.41) is 20.8. The number of halogens is 3. The summed E-state index contributed by atoms with van der Waals surface area (Å²) < 4.78 is 40.3. The van der Waals surface area contributed by atoms with Gasteiger partial charge in [0.1, 0.15) is 5.69 Å². The van der Waals surface area contributed by atoms with Gasteiger partial charge >= 0.3 is 12.1 Å². The number of aryl methyl sites for hydroxylation is 2. The van der Waals surface area contributed by atoms with Crippen molar-refractivity contribution in [2.75, 3.05) is 13.1 Å². The lowest BCUT2D eigenvalue weighted by atomic mass is 10.2. The summed E-state index contributed by atoms with van der Waals surface area (Å²) in [6, 6.07) is 0.645. The molecule has 0 bridgehead atoms.